The Bertz CT molecular complexity index is 1250. The molecule has 2 heterocycles. The van der Waals surface area contributed by atoms with Crippen LogP contribution in [0.3, 0.4) is 0 Å². The van der Waals surface area contributed by atoms with E-state index in [1.807, 2.05) is 19.1 Å². The van der Waals surface area contributed by atoms with Gasteiger partial charge in [0.1, 0.15) is 0 Å². The summed E-state index contributed by atoms with van der Waals surface area (Å²) >= 11 is 18.6. The van der Waals surface area contributed by atoms with Crippen molar-refractivity contribution in [3.8, 4) is 5.69 Å². The van der Waals surface area contributed by atoms with E-state index >= 15 is 0 Å². The molecule has 0 saturated heterocycles. The van der Waals surface area contributed by atoms with Gasteiger partial charge < -0.3 is 5.32 Å². The number of aryl methyl sites for hydroxylation is 1. The summed E-state index contributed by atoms with van der Waals surface area (Å²) in [6.07, 6.45) is 3.07. The Labute approximate surface area is 175 Å². The molecule has 0 aliphatic rings. The minimum absolute atomic E-state index is 0.308. The largest absolute Gasteiger partial charge is 0.324 e. The quantitative estimate of drug-likeness (QED) is 0.446. The smallest absolute Gasteiger partial charge is 0.266 e. The maximum atomic E-state index is 12.9. The lowest BCUT2D eigenvalue weighted by Crippen LogP contribution is -2.19. The van der Waals surface area contributed by atoms with Crippen molar-refractivity contribution in [1.29, 1.82) is 0 Å². The Morgan fingerprint density at radius 3 is 2.46 bits per heavy atom. The van der Waals surface area contributed by atoms with Gasteiger partial charge in [0.15, 0.2) is 0 Å². The van der Waals surface area contributed by atoms with Crippen molar-refractivity contribution in [2.45, 2.75) is 6.92 Å². The molecular formula is C20H13Cl3N4O. The van der Waals surface area contributed by atoms with Crippen LogP contribution < -0.4 is 10.9 Å². The highest BCUT2D eigenvalue weighted by Gasteiger charge is 2.13. The predicted molar refractivity (Wildman–Crippen MR) is 115 cm³/mol. The van der Waals surface area contributed by atoms with Crippen LogP contribution in [-0.4, -0.2) is 14.5 Å². The molecule has 0 aliphatic carbocycles. The summed E-state index contributed by atoms with van der Waals surface area (Å²) in [5.41, 5.74) is 2.35. The maximum absolute atomic E-state index is 12.9. The van der Waals surface area contributed by atoms with Crippen LogP contribution >= 0.6 is 34.8 Å². The van der Waals surface area contributed by atoms with Crippen molar-refractivity contribution in [1.82, 2.24) is 14.5 Å². The monoisotopic (exact) mass is 430 g/mol. The highest BCUT2D eigenvalue weighted by Crippen LogP contribution is 2.28. The summed E-state index contributed by atoms with van der Waals surface area (Å²) in [5, 5.41) is 4.85. The fourth-order valence-electron chi connectivity index (χ4n) is 2.78. The molecule has 0 saturated carbocycles. The number of hydrogen-bond donors (Lipinski definition) is 1. The number of aromatic nitrogens is 3. The number of para-hydroxylation sites is 1. The van der Waals surface area contributed by atoms with E-state index in [2.05, 4.69) is 15.3 Å². The molecule has 0 unspecified atom stereocenters. The maximum Gasteiger partial charge on any atom is 0.266 e. The van der Waals surface area contributed by atoms with Crippen molar-refractivity contribution in [2.75, 3.05) is 5.32 Å². The second kappa shape index (κ2) is 7.43. The van der Waals surface area contributed by atoms with E-state index in [9.17, 15) is 4.79 Å². The molecule has 140 valence electrons. The lowest BCUT2D eigenvalue weighted by atomic mass is 10.2. The van der Waals surface area contributed by atoms with Crippen LogP contribution in [0.1, 0.15) is 5.56 Å². The number of fused-ring (bicyclic) bond motifs is 1. The normalized spacial score (nSPS) is 11.0. The molecule has 1 N–H and O–H groups in total. The summed E-state index contributed by atoms with van der Waals surface area (Å²) in [4.78, 5) is 21.6. The van der Waals surface area contributed by atoms with Gasteiger partial charge in [-0.15, -0.1) is 0 Å². The zero-order valence-electron chi connectivity index (χ0n) is 14.6. The summed E-state index contributed by atoms with van der Waals surface area (Å²) in [7, 11) is 0. The molecule has 4 aromatic rings. The summed E-state index contributed by atoms with van der Waals surface area (Å²) in [6.45, 7) is 1.93. The van der Waals surface area contributed by atoms with Gasteiger partial charge in [-0.05, 0) is 42.8 Å². The summed E-state index contributed by atoms with van der Waals surface area (Å²) in [6, 6.07) is 12.4. The third-order valence-corrected chi connectivity index (χ3v) is 5.27. The Morgan fingerprint density at radius 2 is 1.75 bits per heavy atom. The SMILES string of the molecule is Cc1ccc(Nc2ncc3c(=O)n(-c4c(Cl)cccc4Cl)ccc3n2)cc1Cl. The van der Waals surface area contributed by atoms with Crippen LogP contribution in [0.5, 0.6) is 0 Å². The third-order valence-electron chi connectivity index (χ3n) is 4.26. The van der Waals surface area contributed by atoms with Gasteiger partial charge in [-0.25, -0.2) is 9.97 Å². The Kier molecular flexibility index (Phi) is 4.98. The van der Waals surface area contributed by atoms with E-state index in [0.29, 0.717) is 37.6 Å². The molecule has 0 amide bonds. The molecule has 0 fully saturated rings. The number of hydrogen-bond acceptors (Lipinski definition) is 4. The van der Waals surface area contributed by atoms with E-state index in [0.717, 1.165) is 11.3 Å². The number of halogens is 3. The first-order valence-corrected chi connectivity index (χ1v) is 9.43. The van der Waals surface area contributed by atoms with Crippen LogP contribution in [0.15, 0.2) is 59.7 Å². The summed E-state index contributed by atoms with van der Waals surface area (Å²) < 4.78 is 1.39. The van der Waals surface area contributed by atoms with Crippen LogP contribution in [0.25, 0.3) is 16.6 Å². The zero-order chi connectivity index (χ0) is 19.8. The van der Waals surface area contributed by atoms with Crippen LogP contribution in [0, 0.1) is 6.92 Å². The van der Waals surface area contributed by atoms with Crippen molar-refractivity contribution >= 4 is 57.3 Å². The van der Waals surface area contributed by atoms with E-state index in [4.69, 9.17) is 34.8 Å². The molecule has 0 atom stereocenters. The molecule has 0 aliphatic heterocycles. The first-order chi connectivity index (χ1) is 13.4. The average molecular weight is 432 g/mol. The van der Waals surface area contributed by atoms with E-state index in [1.165, 1.54) is 10.8 Å². The van der Waals surface area contributed by atoms with Crippen molar-refractivity contribution in [2.24, 2.45) is 0 Å². The van der Waals surface area contributed by atoms with Gasteiger partial charge in [-0.1, -0.05) is 46.9 Å². The van der Waals surface area contributed by atoms with Gasteiger partial charge in [0.05, 0.1) is 26.6 Å². The van der Waals surface area contributed by atoms with Crippen LogP contribution in [-0.2, 0) is 0 Å². The van der Waals surface area contributed by atoms with E-state index < -0.39 is 0 Å². The fourth-order valence-corrected chi connectivity index (χ4v) is 3.54. The number of benzene rings is 2. The van der Waals surface area contributed by atoms with Gasteiger partial charge in [0.25, 0.3) is 5.56 Å². The number of nitrogens with zero attached hydrogens (tertiary/aromatic N) is 3. The van der Waals surface area contributed by atoms with E-state index in [1.54, 1.807) is 36.5 Å². The van der Waals surface area contributed by atoms with Gasteiger partial charge >= 0.3 is 0 Å². The molecule has 0 radical (unpaired) electrons. The fraction of sp³-hybridized carbons (Fsp3) is 0.0500. The molecule has 28 heavy (non-hydrogen) atoms. The summed E-state index contributed by atoms with van der Waals surface area (Å²) in [5.74, 6) is 0.361. The Hall–Kier alpha value is -2.60. The molecular weight excluding hydrogens is 419 g/mol. The van der Waals surface area contributed by atoms with Crippen molar-refractivity contribution < 1.29 is 0 Å². The van der Waals surface area contributed by atoms with Gasteiger partial charge in [0, 0.05) is 23.1 Å². The molecule has 5 nitrogen and oxygen atoms in total. The first kappa shape index (κ1) is 18.7. The highest BCUT2D eigenvalue weighted by atomic mass is 35.5. The predicted octanol–water partition coefficient (Wildman–Crippen LogP) is 5.79. The second-order valence-electron chi connectivity index (χ2n) is 6.14. The lowest BCUT2D eigenvalue weighted by molar-refractivity contribution is 1.00. The van der Waals surface area contributed by atoms with Crippen molar-refractivity contribution in [3.05, 3.63) is 85.8 Å². The Morgan fingerprint density at radius 1 is 1.00 bits per heavy atom. The standard InChI is InChI=1S/C20H13Cl3N4O/c1-11-5-6-12(9-16(11)23)25-20-24-10-13-17(26-20)7-8-27(19(13)28)18-14(21)3-2-4-15(18)22/h2-10H,1H3,(H,24,25,26). The minimum Gasteiger partial charge on any atom is -0.324 e. The molecule has 4 rings (SSSR count). The average Bonchev–Trinajstić information content (AvgIpc) is 2.66. The van der Waals surface area contributed by atoms with Gasteiger partial charge in [-0.3, -0.25) is 9.36 Å². The van der Waals surface area contributed by atoms with E-state index in [-0.39, 0.29) is 5.56 Å². The second-order valence-corrected chi connectivity index (χ2v) is 7.36. The van der Waals surface area contributed by atoms with Crippen LogP contribution in [0.4, 0.5) is 11.6 Å². The zero-order valence-corrected chi connectivity index (χ0v) is 16.8. The lowest BCUT2D eigenvalue weighted by Gasteiger charge is -2.11. The molecule has 8 heteroatoms. The highest BCUT2D eigenvalue weighted by molar-refractivity contribution is 6.37. The first-order valence-electron chi connectivity index (χ1n) is 8.30. The molecule has 0 spiro atoms. The number of anilines is 2. The molecule has 0 bridgehead atoms. The number of rotatable bonds is 3. The van der Waals surface area contributed by atoms with Crippen molar-refractivity contribution in [3.63, 3.8) is 0 Å². The van der Waals surface area contributed by atoms with Gasteiger partial charge in [0.2, 0.25) is 5.95 Å². The number of nitrogens with one attached hydrogen (secondary N) is 1. The molecule has 2 aromatic carbocycles. The minimum atomic E-state index is -0.308. The Balaban J connectivity index is 1.76. The third kappa shape index (κ3) is 3.44. The van der Waals surface area contributed by atoms with Crippen LogP contribution in [0.2, 0.25) is 15.1 Å². The topological polar surface area (TPSA) is 59.8 Å². The molecule has 2 aromatic heterocycles. The van der Waals surface area contributed by atoms with Gasteiger partial charge in [-0.2, -0.15) is 0 Å². The number of pyridine rings is 1.